The second kappa shape index (κ2) is 7.47. The van der Waals surface area contributed by atoms with Crippen LogP contribution in [0.1, 0.15) is 32.8 Å². The zero-order valence-corrected chi connectivity index (χ0v) is 11.5. The highest BCUT2D eigenvalue weighted by molar-refractivity contribution is 5.20. The fourth-order valence-electron chi connectivity index (χ4n) is 1.95. The normalized spacial score (nSPS) is 13.0. The quantitative estimate of drug-likeness (QED) is 0.782. The highest BCUT2D eigenvalue weighted by Crippen LogP contribution is 2.18. The van der Waals surface area contributed by atoms with E-state index < -0.39 is 11.6 Å². The molecule has 1 nitrogen and oxygen atoms in total. The van der Waals surface area contributed by atoms with Crippen LogP contribution >= 0.6 is 0 Å². The summed E-state index contributed by atoms with van der Waals surface area (Å²) in [5.41, 5.74) is 0.218. The molecule has 1 N–H and O–H groups in total. The summed E-state index contributed by atoms with van der Waals surface area (Å²) in [4.78, 5) is 0. The summed E-state index contributed by atoms with van der Waals surface area (Å²) in [7, 11) is 0. The molecule has 0 aromatic heterocycles. The fraction of sp³-hybridized carbons (Fsp3) is 0.600. The molecule has 0 aliphatic heterocycles. The standard InChI is InChI=1S/C15H23F2N/c1-4-12(10-18-9-11(2)3)8-13-14(16)6-5-7-15(13)17/h5-7,11-12,18H,4,8-10H2,1-3H3. The van der Waals surface area contributed by atoms with E-state index in [-0.39, 0.29) is 11.5 Å². The molecule has 0 aliphatic carbocycles. The molecule has 0 fully saturated rings. The van der Waals surface area contributed by atoms with Crippen LogP contribution in [-0.2, 0) is 6.42 Å². The van der Waals surface area contributed by atoms with E-state index in [2.05, 4.69) is 26.1 Å². The molecule has 0 saturated heterocycles. The van der Waals surface area contributed by atoms with Crippen LogP contribution in [0.2, 0.25) is 0 Å². The third-order valence-corrected chi connectivity index (χ3v) is 3.12. The van der Waals surface area contributed by atoms with Crippen LogP contribution in [0.3, 0.4) is 0 Å². The van der Waals surface area contributed by atoms with Gasteiger partial charge in [-0.05, 0) is 43.5 Å². The van der Waals surface area contributed by atoms with Crippen molar-refractivity contribution in [1.29, 1.82) is 0 Å². The second-order valence-electron chi connectivity index (χ2n) is 5.23. The summed E-state index contributed by atoms with van der Waals surface area (Å²) in [6, 6.07) is 4.06. The van der Waals surface area contributed by atoms with Crippen LogP contribution in [-0.4, -0.2) is 13.1 Å². The Balaban J connectivity index is 2.57. The summed E-state index contributed by atoms with van der Waals surface area (Å²) in [6.07, 6.45) is 1.37. The maximum atomic E-state index is 13.5. The first kappa shape index (κ1) is 15.1. The van der Waals surface area contributed by atoms with E-state index in [1.807, 2.05) is 0 Å². The summed E-state index contributed by atoms with van der Waals surface area (Å²) in [6.45, 7) is 8.09. The number of halogens is 2. The average Bonchev–Trinajstić information content (AvgIpc) is 2.31. The molecule has 1 aromatic carbocycles. The minimum Gasteiger partial charge on any atom is -0.316 e. The maximum absolute atomic E-state index is 13.5. The average molecular weight is 255 g/mol. The van der Waals surface area contributed by atoms with Gasteiger partial charge in [0, 0.05) is 5.56 Å². The van der Waals surface area contributed by atoms with Crippen LogP contribution in [0.4, 0.5) is 8.78 Å². The molecule has 1 aromatic rings. The second-order valence-corrected chi connectivity index (χ2v) is 5.23. The zero-order chi connectivity index (χ0) is 13.5. The van der Waals surface area contributed by atoms with Crippen LogP contribution in [0.25, 0.3) is 0 Å². The van der Waals surface area contributed by atoms with Crippen molar-refractivity contribution in [3.8, 4) is 0 Å². The van der Waals surface area contributed by atoms with E-state index in [0.29, 0.717) is 12.3 Å². The first-order valence-corrected chi connectivity index (χ1v) is 6.68. The Morgan fingerprint density at radius 3 is 2.22 bits per heavy atom. The molecule has 0 radical (unpaired) electrons. The monoisotopic (exact) mass is 255 g/mol. The zero-order valence-electron chi connectivity index (χ0n) is 11.5. The Kier molecular flexibility index (Phi) is 6.27. The largest absolute Gasteiger partial charge is 0.316 e. The molecule has 1 rings (SSSR count). The Bertz CT molecular complexity index is 343. The molecule has 0 aliphatic rings. The Morgan fingerprint density at radius 2 is 1.72 bits per heavy atom. The van der Waals surface area contributed by atoms with Gasteiger partial charge in [-0.1, -0.05) is 33.3 Å². The minimum atomic E-state index is -0.433. The Hall–Kier alpha value is -0.960. The molecule has 102 valence electrons. The van der Waals surface area contributed by atoms with Gasteiger partial charge in [-0.15, -0.1) is 0 Å². The van der Waals surface area contributed by atoms with Crippen molar-refractivity contribution in [2.24, 2.45) is 11.8 Å². The van der Waals surface area contributed by atoms with Crippen molar-refractivity contribution in [2.75, 3.05) is 13.1 Å². The molecule has 0 saturated carbocycles. The van der Waals surface area contributed by atoms with Gasteiger partial charge in [-0.2, -0.15) is 0 Å². The van der Waals surface area contributed by atoms with Crippen LogP contribution in [0.15, 0.2) is 18.2 Å². The number of hydrogen-bond donors (Lipinski definition) is 1. The fourth-order valence-corrected chi connectivity index (χ4v) is 1.95. The van der Waals surface area contributed by atoms with Gasteiger partial charge in [-0.25, -0.2) is 8.78 Å². The predicted octanol–water partition coefficient (Wildman–Crippen LogP) is 3.78. The van der Waals surface area contributed by atoms with Crippen molar-refractivity contribution in [3.05, 3.63) is 35.4 Å². The summed E-state index contributed by atoms with van der Waals surface area (Å²) < 4.78 is 27.1. The lowest BCUT2D eigenvalue weighted by molar-refractivity contribution is 0.422. The van der Waals surface area contributed by atoms with Gasteiger partial charge >= 0.3 is 0 Å². The van der Waals surface area contributed by atoms with Gasteiger partial charge in [0.1, 0.15) is 11.6 Å². The summed E-state index contributed by atoms with van der Waals surface area (Å²) in [5.74, 6) is -0.00234. The van der Waals surface area contributed by atoms with E-state index in [0.717, 1.165) is 19.5 Å². The SMILES string of the molecule is CCC(CNCC(C)C)Cc1c(F)cccc1F. The lowest BCUT2D eigenvalue weighted by Crippen LogP contribution is -2.27. The van der Waals surface area contributed by atoms with E-state index in [9.17, 15) is 8.78 Å². The summed E-state index contributed by atoms with van der Waals surface area (Å²) in [5, 5.41) is 3.35. The van der Waals surface area contributed by atoms with Crippen molar-refractivity contribution >= 4 is 0 Å². The molecule has 0 amide bonds. The van der Waals surface area contributed by atoms with Crippen LogP contribution in [0.5, 0.6) is 0 Å². The molecule has 18 heavy (non-hydrogen) atoms. The van der Waals surface area contributed by atoms with E-state index >= 15 is 0 Å². The third-order valence-electron chi connectivity index (χ3n) is 3.12. The van der Waals surface area contributed by atoms with Gasteiger partial charge in [0.15, 0.2) is 0 Å². The van der Waals surface area contributed by atoms with Gasteiger partial charge in [-0.3, -0.25) is 0 Å². The minimum absolute atomic E-state index is 0.218. The molecule has 1 unspecified atom stereocenters. The molecule has 0 spiro atoms. The lowest BCUT2D eigenvalue weighted by atomic mass is 9.96. The number of nitrogens with one attached hydrogen (secondary N) is 1. The van der Waals surface area contributed by atoms with Gasteiger partial charge in [0.25, 0.3) is 0 Å². The molecular formula is C15H23F2N. The first-order chi connectivity index (χ1) is 8.54. The van der Waals surface area contributed by atoms with Crippen molar-refractivity contribution in [2.45, 2.75) is 33.6 Å². The third kappa shape index (κ3) is 4.73. The van der Waals surface area contributed by atoms with Crippen molar-refractivity contribution < 1.29 is 8.78 Å². The Labute approximate surface area is 109 Å². The van der Waals surface area contributed by atoms with Crippen LogP contribution in [0, 0.1) is 23.5 Å². The smallest absolute Gasteiger partial charge is 0.129 e. The topological polar surface area (TPSA) is 12.0 Å². The molecule has 0 bridgehead atoms. The van der Waals surface area contributed by atoms with Gasteiger partial charge in [0.2, 0.25) is 0 Å². The van der Waals surface area contributed by atoms with Crippen molar-refractivity contribution in [3.63, 3.8) is 0 Å². The Morgan fingerprint density at radius 1 is 1.11 bits per heavy atom. The highest BCUT2D eigenvalue weighted by Gasteiger charge is 2.14. The first-order valence-electron chi connectivity index (χ1n) is 6.68. The van der Waals surface area contributed by atoms with E-state index in [4.69, 9.17) is 0 Å². The van der Waals surface area contributed by atoms with Gasteiger partial charge < -0.3 is 5.32 Å². The predicted molar refractivity (Wildman–Crippen MR) is 71.6 cm³/mol. The summed E-state index contributed by atoms with van der Waals surface area (Å²) >= 11 is 0. The number of rotatable bonds is 7. The van der Waals surface area contributed by atoms with E-state index in [1.165, 1.54) is 18.2 Å². The van der Waals surface area contributed by atoms with Crippen molar-refractivity contribution in [1.82, 2.24) is 5.32 Å². The van der Waals surface area contributed by atoms with Gasteiger partial charge in [0.05, 0.1) is 0 Å². The molecule has 0 heterocycles. The maximum Gasteiger partial charge on any atom is 0.129 e. The van der Waals surface area contributed by atoms with E-state index in [1.54, 1.807) is 0 Å². The number of benzene rings is 1. The lowest BCUT2D eigenvalue weighted by Gasteiger charge is -2.17. The number of hydrogen-bond acceptors (Lipinski definition) is 1. The van der Waals surface area contributed by atoms with Crippen LogP contribution < -0.4 is 5.32 Å². The molecule has 3 heteroatoms. The highest BCUT2D eigenvalue weighted by atomic mass is 19.1. The molecular weight excluding hydrogens is 232 g/mol. The molecule has 1 atom stereocenters.